The summed E-state index contributed by atoms with van der Waals surface area (Å²) in [7, 11) is 1.35. The molecule has 1 heterocycles. The van der Waals surface area contributed by atoms with Gasteiger partial charge in [-0.3, -0.25) is 9.69 Å². The second-order valence-corrected chi connectivity index (χ2v) is 7.90. The van der Waals surface area contributed by atoms with Gasteiger partial charge in [0.05, 0.1) is 30.1 Å². The summed E-state index contributed by atoms with van der Waals surface area (Å²) in [5.74, 6) is 1.02. The highest BCUT2D eigenvalue weighted by molar-refractivity contribution is 5.93. The Morgan fingerprint density at radius 2 is 2.00 bits per heavy atom. The van der Waals surface area contributed by atoms with Crippen LogP contribution >= 0.6 is 0 Å². The number of benzene rings is 1. The van der Waals surface area contributed by atoms with Gasteiger partial charge in [-0.05, 0) is 49.8 Å². The second-order valence-electron chi connectivity index (χ2n) is 7.90. The van der Waals surface area contributed by atoms with Crippen LogP contribution in [-0.4, -0.2) is 40.5 Å². The summed E-state index contributed by atoms with van der Waals surface area (Å²) in [6, 6.07) is 5.50. The summed E-state index contributed by atoms with van der Waals surface area (Å²) >= 11 is 0. The molecule has 1 N–H and O–H groups in total. The normalized spacial score (nSPS) is 18.1. The minimum Gasteiger partial charge on any atom is -0.465 e. The lowest BCUT2D eigenvalue weighted by atomic mass is 9.89. The van der Waals surface area contributed by atoms with Gasteiger partial charge < -0.3 is 9.72 Å². The Labute approximate surface area is 158 Å². The number of fused-ring (bicyclic) bond motifs is 1. The van der Waals surface area contributed by atoms with Gasteiger partial charge in [0.25, 0.3) is 5.56 Å². The van der Waals surface area contributed by atoms with E-state index in [4.69, 9.17) is 4.74 Å². The summed E-state index contributed by atoms with van der Waals surface area (Å²) < 4.78 is 4.77. The van der Waals surface area contributed by atoms with Crippen LogP contribution in [0.2, 0.25) is 0 Å². The van der Waals surface area contributed by atoms with E-state index in [1.807, 2.05) is 0 Å². The van der Waals surface area contributed by atoms with Crippen molar-refractivity contribution in [3.05, 3.63) is 39.9 Å². The Kier molecular flexibility index (Phi) is 5.25. The van der Waals surface area contributed by atoms with Crippen LogP contribution in [0.1, 0.15) is 61.1 Å². The number of methoxy groups -OCH3 is 1. The van der Waals surface area contributed by atoms with Gasteiger partial charge in [-0.1, -0.05) is 19.3 Å². The third kappa shape index (κ3) is 4.21. The molecule has 6 nitrogen and oxygen atoms in total. The van der Waals surface area contributed by atoms with E-state index in [0.717, 1.165) is 12.5 Å². The van der Waals surface area contributed by atoms with Crippen LogP contribution in [0.4, 0.5) is 0 Å². The fourth-order valence-corrected chi connectivity index (χ4v) is 4.18. The maximum atomic E-state index is 12.5. The summed E-state index contributed by atoms with van der Waals surface area (Å²) in [5.41, 5.74) is 0.806. The maximum Gasteiger partial charge on any atom is 0.337 e. The third-order valence-electron chi connectivity index (χ3n) is 5.81. The number of hydrogen-bond donors (Lipinski definition) is 1. The molecule has 0 saturated heterocycles. The molecule has 1 aromatic carbocycles. The fourth-order valence-electron chi connectivity index (χ4n) is 4.18. The summed E-state index contributed by atoms with van der Waals surface area (Å²) in [5, 5.41) is 0.497. The van der Waals surface area contributed by atoms with Crippen LogP contribution in [0, 0.1) is 5.92 Å². The molecule has 2 aliphatic rings. The minimum atomic E-state index is -0.419. The van der Waals surface area contributed by atoms with Gasteiger partial charge in [0.15, 0.2) is 0 Å². The lowest BCUT2D eigenvalue weighted by molar-refractivity contribution is 0.0601. The zero-order valence-corrected chi connectivity index (χ0v) is 15.9. The summed E-state index contributed by atoms with van der Waals surface area (Å²) in [6.07, 6.45) is 9.13. The maximum absolute atomic E-state index is 12.5. The number of nitrogens with one attached hydrogen (secondary N) is 1. The van der Waals surface area contributed by atoms with Gasteiger partial charge in [0.1, 0.15) is 5.82 Å². The van der Waals surface area contributed by atoms with Gasteiger partial charge in [-0.2, -0.15) is 0 Å². The number of esters is 1. The van der Waals surface area contributed by atoms with Gasteiger partial charge in [0, 0.05) is 12.6 Å². The van der Waals surface area contributed by atoms with Crippen molar-refractivity contribution >= 4 is 16.9 Å². The SMILES string of the molecule is COC(=O)c1ccc2c(=O)[nH]c(CN(CC3CCCCC3)C3CC3)nc2c1. The van der Waals surface area contributed by atoms with Crippen LogP contribution in [0.3, 0.4) is 0 Å². The van der Waals surface area contributed by atoms with Gasteiger partial charge >= 0.3 is 5.97 Å². The van der Waals surface area contributed by atoms with Gasteiger partial charge in [-0.15, -0.1) is 0 Å². The molecule has 27 heavy (non-hydrogen) atoms. The minimum absolute atomic E-state index is 0.153. The molecule has 0 aliphatic heterocycles. The number of ether oxygens (including phenoxy) is 1. The third-order valence-corrected chi connectivity index (χ3v) is 5.81. The van der Waals surface area contributed by atoms with E-state index < -0.39 is 5.97 Å². The largest absolute Gasteiger partial charge is 0.465 e. The highest BCUT2D eigenvalue weighted by atomic mass is 16.5. The molecule has 2 saturated carbocycles. The molecule has 6 heteroatoms. The highest BCUT2D eigenvalue weighted by Crippen LogP contribution is 2.32. The predicted octanol–water partition coefficient (Wildman–Crippen LogP) is 3.25. The van der Waals surface area contributed by atoms with Crippen molar-refractivity contribution in [2.24, 2.45) is 5.92 Å². The Bertz CT molecular complexity index is 882. The highest BCUT2D eigenvalue weighted by Gasteiger charge is 2.31. The Morgan fingerprint density at radius 3 is 2.70 bits per heavy atom. The van der Waals surface area contributed by atoms with Crippen molar-refractivity contribution in [3.63, 3.8) is 0 Å². The number of aromatic amines is 1. The molecule has 144 valence electrons. The van der Waals surface area contributed by atoms with Crippen molar-refractivity contribution in [3.8, 4) is 0 Å². The van der Waals surface area contributed by atoms with Crippen molar-refractivity contribution in [2.45, 2.75) is 57.5 Å². The number of aromatic nitrogens is 2. The average Bonchev–Trinajstić information content (AvgIpc) is 3.52. The van der Waals surface area contributed by atoms with Crippen molar-refractivity contribution < 1.29 is 9.53 Å². The van der Waals surface area contributed by atoms with Crippen LogP contribution in [-0.2, 0) is 11.3 Å². The zero-order chi connectivity index (χ0) is 18.8. The van der Waals surface area contributed by atoms with Gasteiger partial charge in [-0.25, -0.2) is 9.78 Å². The van der Waals surface area contributed by atoms with Crippen LogP contribution < -0.4 is 5.56 Å². The van der Waals surface area contributed by atoms with Crippen molar-refractivity contribution in [2.75, 3.05) is 13.7 Å². The summed E-state index contributed by atoms with van der Waals surface area (Å²) in [4.78, 5) is 34.3. The van der Waals surface area contributed by atoms with E-state index in [1.54, 1.807) is 18.2 Å². The van der Waals surface area contributed by atoms with E-state index in [0.29, 0.717) is 34.9 Å². The lowest BCUT2D eigenvalue weighted by Crippen LogP contribution is -2.33. The van der Waals surface area contributed by atoms with Gasteiger partial charge in [0.2, 0.25) is 0 Å². The van der Waals surface area contributed by atoms with E-state index >= 15 is 0 Å². The predicted molar refractivity (Wildman–Crippen MR) is 104 cm³/mol. The Hall–Kier alpha value is -2.21. The molecule has 2 aliphatic carbocycles. The Balaban J connectivity index is 1.57. The molecule has 0 bridgehead atoms. The zero-order valence-electron chi connectivity index (χ0n) is 15.9. The van der Waals surface area contributed by atoms with Crippen LogP contribution in [0.15, 0.2) is 23.0 Å². The number of carbonyl (C=O) groups excluding carboxylic acids is 1. The number of carbonyl (C=O) groups is 1. The number of H-pyrrole nitrogens is 1. The average molecular weight is 369 g/mol. The second kappa shape index (κ2) is 7.80. The first-order valence-electron chi connectivity index (χ1n) is 9.99. The number of rotatable bonds is 6. The Morgan fingerprint density at radius 1 is 1.22 bits per heavy atom. The first-order valence-corrected chi connectivity index (χ1v) is 9.99. The van der Waals surface area contributed by atoms with Crippen LogP contribution in [0.5, 0.6) is 0 Å². The molecule has 0 unspecified atom stereocenters. The first-order chi connectivity index (χ1) is 13.1. The standard InChI is InChI=1S/C21H27N3O3/c1-27-21(26)15-7-10-17-18(11-15)22-19(23-20(17)25)13-24(16-8-9-16)12-14-5-3-2-4-6-14/h7,10-11,14,16H,2-6,8-9,12-13H2,1H3,(H,22,23,25). The number of nitrogens with zero attached hydrogens (tertiary/aromatic N) is 2. The monoisotopic (exact) mass is 369 g/mol. The molecule has 1 aromatic heterocycles. The summed E-state index contributed by atoms with van der Waals surface area (Å²) in [6.45, 7) is 1.75. The lowest BCUT2D eigenvalue weighted by Gasteiger charge is -2.29. The molecule has 2 aromatic rings. The topological polar surface area (TPSA) is 75.3 Å². The van der Waals surface area contributed by atoms with E-state index in [1.165, 1.54) is 52.1 Å². The van der Waals surface area contributed by atoms with E-state index in [-0.39, 0.29) is 5.56 Å². The molecule has 0 spiro atoms. The smallest absolute Gasteiger partial charge is 0.337 e. The molecular formula is C21H27N3O3. The van der Waals surface area contributed by atoms with Crippen molar-refractivity contribution in [1.82, 2.24) is 14.9 Å². The first kappa shape index (κ1) is 18.2. The molecule has 2 fully saturated rings. The molecule has 0 amide bonds. The van der Waals surface area contributed by atoms with Crippen LogP contribution in [0.25, 0.3) is 10.9 Å². The molecule has 4 rings (SSSR count). The quantitative estimate of drug-likeness (QED) is 0.791. The molecule has 0 atom stereocenters. The molecule has 0 radical (unpaired) electrons. The molecular weight excluding hydrogens is 342 g/mol. The van der Waals surface area contributed by atoms with E-state index in [9.17, 15) is 9.59 Å². The fraction of sp³-hybridized carbons (Fsp3) is 0.571. The van der Waals surface area contributed by atoms with E-state index in [2.05, 4.69) is 14.9 Å². The van der Waals surface area contributed by atoms with Crippen molar-refractivity contribution in [1.29, 1.82) is 0 Å². The number of hydrogen-bond acceptors (Lipinski definition) is 5.